The Labute approximate surface area is 109 Å². The van der Waals surface area contributed by atoms with Gasteiger partial charge in [-0.05, 0) is 19.6 Å². The van der Waals surface area contributed by atoms with Crippen LogP contribution in [-0.4, -0.2) is 60.6 Å². The van der Waals surface area contributed by atoms with Crippen LogP contribution in [0.25, 0.3) is 0 Å². The Morgan fingerprint density at radius 2 is 2.06 bits per heavy atom. The first-order chi connectivity index (χ1) is 8.15. The Bertz CT molecular complexity index is 232. The van der Waals surface area contributed by atoms with Crippen molar-refractivity contribution in [2.75, 3.05) is 37.7 Å². The van der Waals surface area contributed by atoms with Crippen molar-refractivity contribution in [1.29, 1.82) is 0 Å². The summed E-state index contributed by atoms with van der Waals surface area (Å²) in [6.45, 7) is 10.1. The lowest BCUT2D eigenvalue weighted by Crippen LogP contribution is -2.54. The van der Waals surface area contributed by atoms with Gasteiger partial charge in [0.1, 0.15) is 0 Å². The molecule has 0 aromatic heterocycles. The van der Waals surface area contributed by atoms with E-state index in [1.165, 1.54) is 0 Å². The first-order valence-corrected chi connectivity index (χ1v) is 7.63. The summed E-state index contributed by atoms with van der Waals surface area (Å²) < 4.78 is 0. The van der Waals surface area contributed by atoms with Crippen molar-refractivity contribution in [3.8, 4) is 0 Å². The molecule has 1 aliphatic heterocycles. The number of carbonyl (C=O) groups is 1. The molecular formula is C12H25N3OS. The van der Waals surface area contributed by atoms with Crippen LogP contribution in [-0.2, 0) is 4.79 Å². The molecule has 2 unspecified atom stereocenters. The van der Waals surface area contributed by atoms with E-state index in [1.807, 2.05) is 18.7 Å². The third-order valence-electron chi connectivity index (χ3n) is 3.04. The molecule has 0 spiro atoms. The summed E-state index contributed by atoms with van der Waals surface area (Å²) in [5, 5.41) is 6.39. The number of nitrogens with zero attached hydrogens (tertiary/aromatic N) is 1. The third kappa shape index (κ3) is 5.27. The van der Waals surface area contributed by atoms with E-state index in [1.54, 1.807) is 0 Å². The van der Waals surface area contributed by atoms with Crippen LogP contribution in [0.1, 0.15) is 20.8 Å². The van der Waals surface area contributed by atoms with Gasteiger partial charge in [-0.25, -0.2) is 0 Å². The summed E-state index contributed by atoms with van der Waals surface area (Å²) >= 11 is 1.87. The summed E-state index contributed by atoms with van der Waals surface area (Å²) in [6.07, 6.45) is 0. The van der Waals surface area contributed by atoms with Gasteiger partial charge >= 0.3 is 0 Å². The molecule has 1 heterocycles. The van der Waals surface area contributed by atoms with Crippen molar-refractivity contribution in [2.45, 2.75) is 32.9 Å². The van der Waals surface area contributed by atoms with E-state index < -0.39 is 0 Å². The van der Waals surface area contributed by atoms with E-state index in [0.717, 1.165) is 37.7 Å². The molecule has 0 radical (unpaired) electrons. The second-order valence-corrected chi connectivity index (χ2v) is 5.85. The van der Waals surface area contributed by atoms with Crippen molar-refractivity contribution in [2.24, 2.45) is 0 Å². The lowest BCUT2D eigenvalue weighted by atomic mass is 10.2. The molecule has 2 atom stereocenters. The molecular weight excluding hydrogens is 234 g/mol. The Balaban J connectivity index is 2.29. The standard InChI is InChI=1S/C12H25N3OS/c1-4-17-9-10(2)14-12(16)11(3)15-7-5-13-6-8-15/h10-11,13H,4-9H2,1-3H3,(H,14,16). The average Bonchev–Trinajstić information content (AvgIpc) is 2.36. The zero-order chi connectivity index (χ0) is 12.7. The highest BCUT2D eigenvalue weighted by Gasteiger charge is 2.23. The van der Waals surface area contributed by atoms with Crippen LogP contribution in [0.2, 0.25) is 0 Å². The smallest absolute Gasteiger partial charge is 0.237 e. The van der Waals surface area contributed by atoms with Crippen molar-refractivity contribution < 1.29 is 4.79 Å². The molecule has 0 aliphatic carbocycles. The molecule has 4 nitrogen and oxygen atoms in total. The van der Waals surface area contributed by atoms with Gasteiger partial charge in [-0.3, -0.25) is 9.69 Å². The molecule has 0 aromatic carbocycles. The van der Waals surface area contributed by atoms with Crippen LogP contribution < -0.4 is 10.6 Å². The van der Waals surface area contributed by atoms with Gasteiger partial charge < -0.3 is 10.6 Å². The summed E-state index contributed by atoms with van der Waals surface area (Å²) in [5.74, 6) is 2.26. The average molecular weight is 259 g/mol. The third-order valence-corrected chi connectivity index (χ3v) is 4.18. The summed E-state index contributed by atoms with van der Waals surface area (Å²) in [4.78, 5) is 14.3. The molecule has 1 amide bonds. The van der Waals surface area contributed by atoms with Crippen LogP contribution in [0.5, 0.6) is 0 Å². The monoisotopic (exact) mass is 259 g/mol. The maximum atomic E-state index is 12.0. The maximum absolute atomic E-state index is 12.0. The van der Waals surface area contributed by atoms with E-state index in [4.69, 9.17) is 0 Å². The number of rotatable bonds is 6. The Hall–Kier alpha value is -0.260. The predicted molar refractivity (Wildman–Crippen MR) is 74.5 cm³/mol. The molecule has 0 aromatic rings. The Morgan fingerprint density at radius 3 is 2.65 bits per heavy atom. The van der Waals surface area contributed by atoms with E-state index in [9.17, 15) is 4.79 Å². The number of hydrogen-bond donors (Lipinski definition) is 2. The minimum atomic E-state index is -0.00817. The Kier molecular flexibility index (Phi) is 6.92. The van der Waals surface area contributed by atoms with Crippen LogP contribution in [0.3, 0.4) is 0 Å². The summed E-state index contributed by atoms with van der Waals surface area (Å²) in [5.41, 5.74) is 0. The van der Waals surface area contributed by atoms with Gasteiger partial charge in [0.15, 0.2) is 0 Å². The van der Waals surface area contributed by atoms with Crippen LogP contribution in [0.4, 0.5) is 0 Å². The minimum Gasteiger partial charge on any atom is -0.351 e. The SMILES string of the molecule is CCSCC(C)NC(=O)C(C)N1CCNCC1. The molecule has 17 heavy (non-hydrogen) atoms. The van der Waals surface area contributed by atoms with Crippen LogP contribution >= 0.6 is 11.8 Å². The summed E-state index contributed by atoms with van der Waals surface area (Å²) in [7, 11) is 0. The van der Waals surface area contributed by atoms with Crippen molar-refractivity contribution in [3.63, 3.8) is 0 Å². The van der Waals surface area contributed by atoms with E-state index >= 15 is 0 Å². The predicted octanol–water partition coefficient (Wildman–Crippen LogP) is 0.538. The number of carbonyl (C=O) groups excluding carboxylic acids is 1. The molecule has 5 heteroatoms. The fraction of sp³-hybridized carbons (Fsp3) is 0.917. The van der Waals surface area contributed by atoms with Crippen LogP contribution in [0, 0.1) is 0 Å². The fourth-order valence-electron chi connectivity index (χ4n) is 1.93. The molecule has 0 saturated carbocycles. The number of amides is 1. The van der Waals surface area contributed by atoms with Crippen molar-refractivity contribution in [3.05, 3.63) is 0 Å². The first-order valence-electron chi connectivity index (χ1n) is 6.48. The normalized spacial score (nSPS) is 20.9. The van der Waals surface area contributed by atoms with Gasteiger partial charge in [-0.1, -0.05) is 6.92 Å². The van der Waals surface area contributed by atoms with Crippen LogP contribution in [0.15, 0.2) is 0 Å². The van der Waals surface area contributed by atoms with Gasteiger partial charge in [0.25, 0.3) is 0 Å². The maximum Gasteiger partial charge on any atom is 0.237 e. The van der Waals surface area contributed by atoms with Gasteiger partial charge in [0, 0.05) is 38.0 Å². The topological polar surface area (TPSA) is 44.4 Å². The number of nitrogens with one attached hydrogen (secondary N) is 2. The Morgan fingerprint density at radius 1 is 1.41 bits per heavy atom. The second-order valence-electron chi connectivity index (χ2n) is 4.53. The highest BCUT2D eigenvalue weighted by Crippen LogP contribution is 2.04. The quantitative estimate of drug-likeness (QED) is 0.731. The highest BCUT2D eigenvalue weighted by atomic mass is 32.2. The van der Waals surface area contributed by atoms with E-state index in [-0.39, 0.29) is 18.0 Å². The van der Waals surface area contributed by atoms with Gasteiger partial charge in [0.05, 0.1) is 6.04 Å². The zero-order valence-corrected chi connectivity index (χ0v) is 12.0. The fourth-order valence-corrected chi connectivity index (χ4v) is 2.61. The van der Waals surface area contributed by atoms with Crippen molar-refractivity contribution >= 4 is 17.7 Å². The van der Waals surface area contributed by atoms with E-state index in [0.29, 0.717) is 0 Å². The number of thioether (sulfide) groups is 1. The van der Waals surface area contributed by atoms with Gasteiger partial charge in [-0.2, -0.15) is 11.8 Å². The number of hydrogen-bond acceptors (Lipinski definition) is 4. The van der Waals surface area contributed by atoms with E-state index in [2.05, 4.69) is 29.4 Å². The first kappa shape index (κ1) is 14.8. The number of piperazine rings is 1. The molecule has 1 rings (SSSR count). The lowest BCUT2D eigenvalue weighted by molar-refractivity contribution is -0.126. The molecule has 2 N–H and O–H groups in total. The molecule has 1 saturated heterocycles. The molecule has 1 fully saturated rings. The van der Waals surface area contributed by atoms with Gasteiger partial charge in [0.2, 0.25) is 5.91 Å². The van der Waals surface area contributed by atoms with Crippen molar-refractivity contribution in [1.82, 2.24) is 15.5 Å². The molecule has 0 bridgehead atoms. The molecule has 100 valence electrons. The second kappa shape index (κ2) is 7.95. The highest BCUT2D eigenvalue weighted by molar-refractivity contribution is 7.99. The van der Waals surface area contributed by atoms with Gasteiger partial charge in [-0.15, -0.1) is 0 Å². The zero-order valence-electron chi connectivity index (χ0n) is 11.2. The molecule has 1 aliphatic rings. The lowest BCUT2D eigenvalue weighted by Gasteiger charge is -2.32. The minimum absolute atomic E-state index is 0.00817. The summed E-state index contributed by atoms with van der Waals surface area (Å²) in [6, 6.07) is 0.254. The largest absolute Gasteiger partial charge is 0.351 e.